The summed E-state index contributed by atoms with van der Waals surface area (Å²) in [5.41, 5.74) is 1.22. The Kier molecular flexibility index (Phi) is 4.27. The molecule has 1 atom stereocenters. The third-order valence-corrected chi connectivity index (χ3v) is 4.23. The van der Waals surface area contributed by atoms with E-state index in [1.807, 2.05) is 12.1 Å². The van der Waals surface area contributed by atoms with Crippen LogP contribution in [0.25, 0.3) is 0 Å². The van der Waals surface area contributed by atoms with Crippen molar-refractivity contribution >= 4 is 27.6 Å². The Labute approximate surface area is 116 Å². The predicted octanol–water partition coefficient (Wildman–Crippen LogP) is 3.92. The maximum Gasteiger partial charge on any atom is 0.338 e. The first kappa shape index (κ1) is 13.4. The van der Waals surface area contributed by atoms with Crippen molar-refractivity contribution in [3.63, 3.8) is 0 Å². The molecule has 1 N–H and O–H groups in total. The Morgan fingerprint density at radius 2 is 2.17 bits per heavy atom. The average Bonchev–Trinajstić information content (AvgIpc) is 2.53. The Morgan fingerprint density at radius 3 is 2.89 bits per heavy atom. The lowest BCUT2D eigenvalue weighted by atomic mass is 10.1. The van der Waals surface area contributed by atoms with Gasteiger partial charge in [-0.1, -0.05) is 18.9 Å². The van der Waals surface area contributed by atoms with Gasteiger partial charge in [-0.2, -0.15) is 0 Å². The molecule has 1 aromatic carbocycles. The van der Waals surface area contributed by atoms with Gasteiger partial charge < -0.3 is 10.0 Å². The van der Waals surface area contributed by atoms with Crippen molar-refractivity contribution in [1.29, 1.82) is 0 Å². The molecule has 0 saturated carbocycles. The van der Waals surface area contributed by atoms with Crippen molar-refractivity contribution in [2.45, 2.75) is 38.6 Å². The quantitative estimate of drug-likeness (QED) is 0.900. The molecule has 0 bridgehead atoms. The van der Waals surface area contributed by atoms with Crippen molar-refractivity contribution in [2.75, 3.05) is 11.4 Å². The van der Waals surface area contributed by atoms with Crippen LogP contribution in [0.15, 0.2) is 22.7 Å². The van der Waals surface area contributed by atoms with E-state index in [-0.39, 0.29) is 0 Å². The Balaban J connectivity index is 2.42. The highest BCUT2D eigenvalue weighted by atomic mass is 79.9. The van der Waals surface area contributed by atoms with E-state index < -0.39 is 5.97 Å². The van der Waals surface area contributed by atoms with Gasteiger partial charge in [0.15, 0.2) is 0 Å². The highest BCUT2D eigenvalue weighted by Gasteiger charge is 2.23. The second kappa shape index (κ2) is 5.74. The predicted molar refractivity (Wildman–Crippen MR) is 76.4 cm³/mol. The molecule has 2 rings (SSSR count). The number of benzene rings is 1. The number of carbonyl (C=O) groups is 1. The smallest absolute Gasteiger partial charge is 0.338 e. The number of hydrogen-bond acceptors (Lipinski definition) is 2. The summed E-state index contributed by atoms with van der Waals surface area (Å²) in [6, 6.07) is 6.01. The highest BCUT2D eigenvalue weighted by Crippen LogP contribution is 2.31. The molecule has 0 aliphatic carbocycles. The number of halogens is 1. The van der Waals surface area contributed by atoms with Crippen LogP contribution in [-0.4, -0.2) is 23.7 Å². The van der Waals surface area contributed by atoms with Gasteiger partial charge in [0, 0.05) is 17.1 Å². The number of nitrogens with zero attached hydrogens (tertiary/aromatic N) is 1. The van der Waals surface area contributed by atoms with Gasteiger partial charge in [0.2, 0.25) is 0 Å². The number of hydrogen-bond donors (Lipinski definition) is 1. The Hall–Kier alpha value is -1.03. The zero-order valence-corrected chi connectivity index (χ0v) is 12.1. The molecule has 0 radical (unpaired) electrons. The van der Waals surface area contributed by atoms with Gasteiger partial charge in [0.05, 0.1) is 11.3 Å². The first-order valence-corrected chi connectivity index (χ1v) is 7.19. The molecule has 1 aliphatic rings. The minimum atomic E-state index is -0.867. The Bertz CT molecular complexity index is 447. The molecule has 4 heteroatoms. The molecule has 0 amide bonds. The molecule has 3 nitrogen and oxygen atoms in total. The minimum Gasteiger partial charge on any atom is -0.478 e. The fraction of sp³-hybridized carbons (Fsp3) is 0.500. The zero-order chi connectivity index (χ0) is 13.1. The monoisotopic (exact) mass is 311 g/mol. The topological polar surface area (TPSA) is 40.5 Å². The maximum atomic E-state index is 11.4. The van der Waals surface area contributed by atoms with E-state index in [1.54, 1.807) is 6.07 Å². The van der Waals surface area contributed by atoms with Crippen LogP contribution >= 0.6 is 15.9 Å². The van der Waals surface area contributed by atoms with Gasteiger partial charge in [-0.15, -0.1) is 0 Å². The summed E-state index contributed by atoms with van der Waals surface area (Å²) in [6.07, 6.45) is 4.73. The number of aromatic carboxylic acids is 1. The van der Waals surface area contributed by atoms with Gasteiger partial charge in [-0.05, 0) is 47.8 Å². The fourth-order valence-electron chi connectivity index (χ4n) is 2.60. The van der Waals surface area contributed by atoms with Crippen LogP contribution in [-0.2, 0) is 0 Å². The molecule has 98 valence electrons. The second-order valence-electron chi connectivity index (χ2n) is 4.83. The van der Waals surface area contributed by atoms with Crippen molar-refractivity contribution in [3.8, 4) is 0 Å². The van der Waals surface area contributed by atoms with Crippen LogP contribution in [0.5, 0.6) is 0 Å². The first-order chi connectivity index (χ1) is 8.61. The highest BCUT2D eigenvalue weighted by molar-refractivity contribution is 9.10. The van der Waals surface area contributed by atoms with Gasteiger partial charge in [0.1, 0.15) is 0 Å². The largest absolute Gasteiger partial charge is 0.478 e. The van der Waals surface area contributed by atoms with Crippen LogP contribution in [0, 0.1) is 0 Å². The van der Waals surface area contributed by atoms with E-state index in [9.17, 15) is 9.90 Å². The van der Waals surface area contributed by atoms with E-state index in [0.717, 1.165) is 25.1 Å². The SMILES string of the molecule is CC1CCCCCN1c1cccc(Br)c1C(=O)O. The van der Waals surface area contributed by atoms with Gasteiger partial charge in [-0.3, -0.25) is 0 Å². The van der Waals surface area contributed by atoms with Gasteiger partial charge >= 0.3 is 5.97 Å². The maximum absolute atomic E-state index is 11.4. The molecule has 1 fully saturated rings. The summed E-state index contributed by atoms with van der Waals surface area (Å²) in [6.45, 7) is 3.12. The molecule has 1 heterocycles. The molecule has 18 heavy (non-hydrogen) atoms. The molecular weight excluding hydrogens is 294 g/mol. The zero-order valence-electron chi connectivity index (χ0n) is 10.5. The van der Waals surface area contributed by atoms with Crippen LogP contribution in [0.4, 0.5) is 5.69 Å². The lowest BCUT2D eigenvalue weighted by Gasteiger charge is -2.30. The summed E-state index contributed by atoms with van der Waals surface area (Å²) in [4.78, 5) is 13.7. The number of rotatable bonds is 2. The molecular formula is C14H18BrNO2. The number of carboxylic acid groups (broad SMARTS) is 1. The Morgan fingerprint density at radius 1 is 1.39 bits per heavy atom. The van der Waals surface area contributed by atoms with Gasteiger partial charge in [0.25, 0.3) is 0 Å². The number of carboxylic acids is 1. The molecule has 1 aliphatic heterocycles. The normalized spacial score (nSPS) is 20.6. The molecule has 1 aromatic rings. The lowest BCUT2D eigenvalue weighted by molar-refractivity contribution is 0.0696. The standard InChI is InChI=1S/C14H18BrNO2/c1-10-6-3-2-4-9-16(10)12-8-5-7-11(15)13(12)14(17)18/h5,7-8,10H,2-4,6,9H2,1H3,(H,17,18). The van der Waals surface area contributed by atoms with Crippen molar-refractivity contribution in [2.24, 2.45) is 0 Å². The number of anilines is 1. The second-order valence-corrected chi connectivity index (χ2v) is 5.69. The van der Waals surface area contributed by atoms with Crippen LogP contribution in [0.3, 0.4) is 0 Å². The van der Waals surface area contributed by atoms with E-state index in [1.165, 1.54) is 12.8 Å². The van der Waals surface area contributed by atoms with Crippen LogP contribution in [0.2, 0.25) is 0 Å². The third kappa shape index (κ3) is 2.69. The first-order valence-electron chi connectivity index (χ1n) is 6.39. The van der Waals surface area contributed by atoms with E-state index in [4.69, 9.17) is 0 Å². The van der Waals surface area contributed by atoms with Crippen LogP contribution < -0.4 is 4.90 Å². The lowest BCUT2D eigenvalue weighted by Crippen LogP contribution is -2.33. The van der Waals surface area contributed by atoms with Crippen molar-refractivity contribution in [3.05, 3.63) is 28.2 Å². The molecule has 0 spiro atoms. The van der Waals surface area contributed by atoms with E-state index in [0.29, 0.717) is 16.1 Å². The summed E-state index contributed by atoms with van der Waals surface area (Å²) < 4.78 is 0.656. The van der Waals surface area contributed by atoms with Gasteiger partial charge in [-0.25, -0.2) is 4.79 Å². The summed E-state index contributed by atoms with van der Waals surface area (Å²) in [7, 11) is 0. The molecule has 1 unspecified atom stereocenters. The average molecular weight is 312 g/mol. The fourth-order valence-corrected chi connectivity index (χ4v) is 3.12. The van der Waals surface area contributed by atoms with Crippen molar-refractivity contribution in [1.82, 2.24) is 0 Å². The van der Waals surface area contributed by atoms with Crippen LogP contribution in [0.1, 0.15) is 43.0 Å². The van der Waals surface area contributed by atoms with E-state index in [2.05, 4.69) is 27.8 Å². The minimum absolute atomic E-state index is 0.381. The molecule has 0 aromatic heterocycles. The third-order valence-electron chi connectivity index (χ3n) is 3.57. The molecule has 1 saturated heterocycles. The summed E-state index contributed by atoms with van der Waals surface area (Å²) in [5, 5.41) is 9.38. The summed E-state index contributed by atoms with van der Waals surface area (Å²) in [5.74, 6) is -0.867. The summed E-state index contributed by atoms with van der Waals surface area (Å²) >= 11 is 3.35. The van der Waals surface area contributed by atoms with E-state index >= 15 is 0 Å². The van der Waals surface area contributed by atoms with Crippen molar-refractivity contribution < 1.29 is 9.90 Å².